The number of benzene rings is 1. The molecule has 1 saturated heterocycles. The van der Waals surface area contributed by atoms with Crippen molar-refractivity contribution in [2.45, 2.75) is 18.9 Å². The first kappa shape index (κ1) is 12.6. The lowest BCUT2D eigenvalue weighted by Gasteiger charge is -2.25. The van der Waals surface area contributed by atoms with E-state index in [4.69, 9.17) is 4.74 Å². The predicted molar refractivity (Wildman–Crippen MR) is 67.8 cm³/mol. The maximum Gasteiger partial charge on any atom is 0.0626 e. The summed E-state index contributed by atoms with van der Waals surface area (Å²) in [7, 11) is 0. The maximum absolute atomic E-state index is 9.42. The molecule has 0 bridgehead atoms. The Bertz CT molecular complexity index is 309. The van der Waals surface area contributed by atoms with Crippen molar-refractivity contribution in [2.24, 2.45) is 5.92 Å². The number of aliphatic hydroxyl groups is 1. The quantitative estimate of drug-likeness (QED) is 0.816. The van der Waals surface area contributed by atoms with Crippen LogP contribution >= 0.6 is 0 Å². The zero-order valence-corrected chi connectivity index (χ0v) is 10.1. The van der Waals surface area contributed by atoms with Gasteiger partial charge >= 0.3 is 0 Å². The first-order valence-electron chi connectivity index (χ1n) is 6.37. The van der Waals surface area contributed by atoms with Crippen molar-refractivity contribution < 1.29 is 9.84 Å². The summed E-state index contributed by atoms with van der Waals surface area (Å²) in [5, 5.41) is 12.9. The second-order valence-corrected chi connectivity index (χ2v) is 4.61. The van der Waals surface area contributed by atoms with Crippen LogP contribution in [-0.4, -0.2) is 31.5 Å². The lowest BCUT2D eigenvalue weighted by atomic mass is 9.99. The Morgan fingerprint density at radius 3 is 2.59 bits per heavy atom. The van der Waals surface area contributed by atoms with Crippen molar-refractivity contribution in [3.05, 3.63) is 35.9 Å². The Balaban J connectivity index is 1.83. The van der Waals surface area contributed by atoms with Gasteiger partial charge in [-0.1, -0.05) is 30.3 Å². The summed E-state index contributed by atoms with van der Waals surface area (Å²) in [6.45, 7) is 2.86. The van der Waals surface area contributed by atoms with Crippen LogP contribution in [0.1, 0.15) is 24.4 Å². The van der Waals surface area contributed by atoms with Gasteiger partial charge in [0.15, 0.2) is 0 Å². The monoisotopic (exact) mass is 235 g/mol. The highest BCUT2D eigenvalue weighted by atomic mass is 16.5. The number of ether oxygens (including phenoxy) is 1. The molecular weight excluding hydrogens is 214 g/mol. The van der Waals surface area contributed by atoms with Gasteiger partial charge in [-0.25, -0.2) is 0 Å². The van der Waals surface area contributed by atoms with Crippen LogP contribution in [0, 0.1) is 5.92 Å². The lowest BCUT2D eigenvalue weighted by Crippen LogP contribution is -2.32. The molecule has 1 aromatic carbocycles. The molecule has 0 spiro atoms. The standard InChI is InChI=1S/C14H21NO2/c16-11-14(13-4-2-1-3-5-13)15-10-12-6-8-17-9-7-12/h1-5,12,14-16H,6-11H2/t14-/m1/s1. The SMILES string of the molecule is OC[C@@H](NCC1CCOCC1)c1ccccc1. The van der Waals surface area contributed by atoms with Crippen LogP contribution in [0.2, 0.25) is 0 Å². The fraction of sp³-hybridized carbons (Fsp3) is 0.571. The summed E-state index contributed by atoms with van der Waals surface area (Å²) in [6.07, 6.45) is 2.25. The van der Waals surface area contributed by atoms with E-state index in [0.29, 0.717) is 5.92 Å². The van der Waals surface area contributed by atoms with Gasteiger partial charge in [0.25, 0.3) is 0 Å². The van der Waals surface area contributed by atoms with Gasteiger partial charge in [0, 0.05) is 13.2 Å². The molecule has 1 aliphatic heterocycles. The van der Waals surface area contributed by atoms with Crippen LogP contribution in [0.25, 0.3) is 0 Å². The highest BCUT2D eigenvalue weighted by Crippen LogP contribution is 2.16. The van der Waals surface area contributed by atoms with Gasteiger partial charge < -0.3 is 15.2 Å². The Kier molecular flexibility index (Phi) is 4.98. The molecule has 1 heterocycles. The van der Waals surface area contributed by atoms with Crippen molar-refractivity contribution in [3.63, 3.8) is 0 Å². The summed E-state index contributed by atoms with van der Waals surface area (Å²) in [5.74, 6) is 0.682. The Labute approximate surface area is 103 Å². The van der Waals surface area contributed by atoms with Gasteiger partial charge in [-0.15, -0.1) is 0 Å². The molecule has 3 heteroatoms. The summed E-state index contributed by atoms with van der Waals surface area (Å²) in [6, 6.07) is 10.2. The van der Waals surface area contributed by atoms with Crippen molar-refractivity contribution in [1.29, 1.82) is 0 Å². The maximum atomic E-state index is 9.42. The normalized spacial score (nSPS) is 19.1. The molecule has 0 aliphatic carbocycles. The van der Waals surface area contributed by atoms with Gasteiger partial charge in [0.05, 0.1) is 12.6 Å². The van der Waals surface area contributed by atoms with Crippen molar-refractivity contribution >= 4 is 0 Å². The highest BCUT2D eigenvalue weighted by molar-refractivity contribution is 5.18. The van der Waals surface area contributed by atoms with Gasteiger partial charge in [-0.2, -0.15) is 0 Å². The molecule has 0 aromatic heterocycles. The van der Waals surface area contributed by atoms with E-state index in [9.17, 15) is 5.11 Å². The van der Waals surface area contributed by atoms with E-state index in [1.807, 2.05) is 18.2 Å². The van der Waals surface area contributed by atoms with Crippen LogP contribution in [0.5, 0.6) is 0 Å². The Hall–Kier alpha value is -0.900. The second kappa shape index (κ2) is 6.74. The molecule has 2 N–H and O–H groups in total. The van der Waals surface area contributed by atoms with E-state index >= 15 is 0 Å². The molecule has 1 atom stereocenters. The molecular formula is C14H21NO2. The molecule has 1 aliphatic rings. The van der Waals surface area contributed by atoms with Gasteiger partial charge in [0.1, 0.15) is 0 Å². The number of aliphatic hydroxyl groups excluding tert-OH is 1. The fourth-order valence-corrected chi connectivity index (χ4v) is 2.23. The molecule has 3 nitrogen and oxygen atoms in total. The van der Waals surface area contributed by atoms with E-state index in [1.165, 1.54) is 0 Å². The number of hydrogen-bond donors (Lipinski definition) is 2. The average Bonchev–Trinajstić information content (AvgIpc) is 2.42. The molecule has 0 saturated carbocycles. The third-order valence-electron chi connectivity index (χ3n) is 3.38. The topological polar surface area (TPSA) is 41.5 Å². The lowest BCUT2D eigenvalue weighted by molar-refractivity contribution is 0.0645. The first-order valence-corrected chi connectivity index (χ1v) is 6.37. The molecule has 0 amide bonds. The number of nitrogens with one attached hydrogen (secondary N) is 1. The predicted octanol–water partition coefficient (Wildman–Crippen LogP) is 1.74. The Morgan fingerprint density at radius 2 is 1.94 bits per heavy atom. The van der Waals surface area contributed by atoms with Crippen LogP contribution in [0.4, 0.5) is 0 Å². The first-order chi connectivity index (χ1) is 8.40. The zero-order valence-electron chi connectivity index (χ0n) is 10.1. The zero-order chi connectivity index (χ0) is 11.9. The van der Waals surface area contributed by atoms with Crippen LogP contribution in [-0.2, 0) is 4.74 Å². The highest BCUT2D eigenvalue weighted by Gasteiger charge is 2.16. The summed E-state index contributed by atoms with van der Waals surface area (Å²) in [5.41, 5.74) is 1.15. The smallest absolute Gasteiger partial charge is 0.0626 e. The van der Waals surface area contributed by atoms with E-state index < -0.39 is 0 Å². The average molecular weight is 235 g/mol. The Morgan fingerprint density at radius 1 is 1.24 bits per heavy atom. The van der Waals surface area contributed by atoms with Gasteiger partial charge in [-0.05, 0) is 30.9 Å². The summed E-state index contributed by atoms with van der Waals surface area (Å²) < 4.78 is 5.34. The third kappa shape index (κ3) is 3.80. The van der Waals surface area contributed by atoms with Gasteiger partial charge in [0.2, 0.25) is 0 Å². The fourth-order valence-electron chi connectivity index (χ4n) is 2.23. The van der Waals surface area contributed by atoms with E-state index in [1.54, 1.807) is 0 Å². The molecule has 17 heavy (non-hydrogen) atoms. The molecule has 1 aromatic rings. The van der Waals surface area contributed by atoms with E-state index in [0.717, 1.165) is 38.2 Å². The van der Waals surface area contributed by atoms with E-state index in [-0.39, 0.29) is 12.6 Å². The van der Waals surface area contributed by atoms with Crippen LogP contribution in [0.15, 0.2) is 30.3 Å². The van der Waals surface area contributed by atoms with Crippen molar-refractivity contribution in [1.82, 2.24) is 5.32 Å². The minimum Gasteiger partial charge on any atom is -0.394 e. The number of rotatable bonds is 5. The summed E-state index contributed by atoms with van der Waals surface area (Å²) >= 11 is 0. The van der Waals surface area contributed by atoms with Gasteiger partial charge in [-0.3, -0.25) is 0 Å². The molecule has 0 unspecified atom stereocenters. The minimum atomic E-state index is 0.0547. The largest absolute Gasteiger partial charge is 0.394 e. The molecule has 1 fully saturated rings. The van der Waals surface area contributed by atoms with Crippen molar-refractivity contribution in [2.75, 3.05) is 26.4 Å². The minimum absolute atomic E-state index is 0.0547. The molecule has 94 valence electrons. The molecule has 2 rings (SSSR count). The summed E-state index contributed by atoms with van der Waals surface area (Å²) in [4.78, 5) is 0. The van der Waals surface area contributed by atoms with E-state index in [2.05, 4.69) is 17.4 Å². The molecule has 0 radical (unpaired) electrons. The van der Waals surface area contributed by atoms with Crippen LogP contribution in [0.3, 0.4) is 0 Å². The third-order valence-corrected chi connectivity index (χ3v) is 3.38. The number of hydrogen-bond acceptors (Lipinski definition) is 3. The van der Waals surface area contributed by atoms with Crippen LogP contribution < -0.4 is 5.32 Å². The van der Waals surface area contributed by atoms with Crippen molar-refractivity contribution in [3.8, 4) is 0 Å². The second-order valence-electron chi connectivity index (χ2n) is 4.61.